The van der Waals surface area contributed by atoms with Gasteiger partial charge in [0.25, 0.3) is 11.8 Å². The van der Waals surface area contributed by atoms with Gasteiger partial charge in [-0.1, -0.05) is 12.1 Å². The van der Waals surface area contributed by atoms with Gasteiger partial charge in [0.05, 0.1) is 33.7 Å². The Bertz CT molecular complexity index is 1450. The van der Waals surface area contributed by atoms with Gasteiger partial charge >= 0.3 is 6.18 Å². The van der Waals surface area contributed by atoms with E-state index in [1.165, 1.54) is 48.2 Å². The van der Waals surface area contributed by atoms with Gasteiger partial charge in [0, 0.05) is 42.1 Å². The number of hydrogen-bond acceptors (Lipinski definition) is 9. The highest BCUT2D eigenvalue weighted by Crippen LogP contribution is 2.38. The van der Waals surface area contributed by atoms with E-state index in [0.717, 1.165) is 17.7 Å². The van der Waals surface area contributed by atoms with Crippen LogP contribution < -0.4 is 16.0 Å². The Morgan fingerprint density at radius 3 is 2.67 bits per heavy atom. The van der Waals surface area contributed by atoms with E-state index in [-0.39, 0.29) is 69.1 Å². The van der Waals surface area contributed by atoms with Gasteiger partial charge in [-0.05, 0) is 49.6 Å². The van der Waals surface area contributed by atoms with Crippen LogP contribution in [0.2, 0.25) is 0 Å². The molecule has 0 spiro atoms. The maximum absolute atomic E-state index is 13.2. The van der Waals surface area contributed by atoms with Gasteiger partial charge in [0.15, 0.2) is 0 Å². The van der Waals surface area contributed by atoms with E-state index >= 15 is 0 Å². The van der Waals surface area contributed by atoms with E-state index in [4.69, 9.17) is 4.74 Å². The number of carbonyl (C=O) groups excluding carboxylic acids is 2. The van der Waals surface area contributed by atoms with Crippen molar-refractivity contribution in [2.75, 3.05) is 38.6 Å². The van der Waals surface area contributed by atoms with Crippen LogP contribution in [0.3, 0.4) is 0 Å². The lowest BCUT2D eigenvalue weighted by molar-refractivity contribution is -0.209. The zero-order valence-electron chi connectivity index (χ0n) is 22.6. The Labute approximate surface area is 245 Å². The van der Waals surface area contributed by atoms with Gasteiger partial charge in [-0.15, -0.1) is 11.8 Å². The molecule has 2 aromatic carbocycles. The number of sulfone groups is 1. The third kappa shape index (κ3) is 7.83. The molecule has 42 heavy (non-hydrogen) atoms. The van der Waals surface area contributed by atoms with Crippen molar-refractivity contribution >= 4 is 39.1 Å². The highest BCUT2D eigenvalue weighted by molar-refractivity contribution is 8.03. The normalized spacial score (nSPS) is 19.7. The summed E-state index contributed by atoms with van der Waals surface area (Å²) in [4.78, 5) is 26.3. The average Bonchev–Trinajstić information content (AvgIpc) is 3.00. The Hall–Kier alpha value is -3.11. The molecular weight excluding hydrogens is 597 g/mol. The number of hydroxylamine groups is 2. The van der Waals surface area contributed by atoms with Crippen molar-refractivity contribution in [1.82, 2.24) is 15.7 Å². The second-order valence-electron chi connectivity index (χ2n) is 9.75. The molecule has 1 aliphatic carbocycles. The second-order valence-corrected chi connectivity index (χ2v) is 13.0. The first-order chi connectivity index (χ1) is 19.9. The summed E-state index contributed by atoms with van der Waals surface area (Å²) in [6.07, 6.45) is -0.965. The number of thioether (sulfide) groups is 1. The largest absolute Gasteiger partial charge is 0.403 e. The topological polar surface area (TPSA) is 137 Å². The number of fused-ring (bicyclic) bond motifs is 2. The molecule has 2 aliphatic rings. The highest BCUT2D eigenvalue weighted by Gasteiger charge is 2.34. The number of hydrogen-bond donors (Lipinski definition) is 4. The number of carbonyl (C=O) groups is 2. The summed E-state index contributed by atoms with van der Waals surface area (Å²) < 4.78 is 69.1. The summed E-state index contributed by atoms with van der Waals surface area (Å²) in [5, 5.41) is 18.0. The third-order valence-corrected chi connectivity index (χ3v) is 9.91. The lowest BCUT2D eigenvalue weighted by Crippen LogP contribution is -2.38. The number of ether oxygens (including phenoxy) is 1. The Kier molecular flexibility index (Phi) is 10.2. The standard InChI is InChI=1S/C27H31F3N4O6S2/c1-31-14-18(41-22-9-8-21(22)40-12-4-11-34(37)16-27(28,29)30)15-32-25(35)17-7-10-24-20(13-17)33-26(36)19-5-2-3-6-23(19)42(24,38)39/h2-3,5-7,10,13-14,21-22,31,37H,4,8-9,11-12,15-16H2,1H3,(H,32,35)(H,33,36)/b18-14-/t21-,22?/m1/s1. The summed E-state index contributed by atoms with van der Waals surface area (Å²) in [6.45, 7) is -1.19. The fraction of sp³-hybridized carbons (Fsp3) is 0.407. The number of rotatable bonds is 12. The first-order valence-electron chi connectivity index (χ1n) is 13.1. The molecule has 0 saturated heterocycles. The van der Waals surface area contributed by atoms with E-state index in [9.17, 15) is 36.4 Å². The molecule has 0 aromatic heterocycles. The number of alkyl halides is 3. The van der Waals surface area contributed by atoms with E-state index in [0.29, 0.717) is 0 Å². The Balaban J connectivity index is 1.32. The molecule has 0 radical (unpaired) electrons. The van der Waals surface area contributed by atoms with Crippen LogP contribution in [0.4, 0.5) is 18.9 Å². The molecule has 1 heterocycles. The van der Waals surface area contributed by atoms with Crippen molar-refractivity contribution < 1.29 is 41.1 Å². The van der Waals surface area contributed by atoms with Crippen molar-refractivity contribution in [2.45, 2.75) is 46.6 Å². The fourth-order valence-corrected chi connectivity index (χ4v) is 7.43. The number of halogens is 3. The van der Waals surface area contributed by atoms with Crippen LogP contribution in [0.15, 0.2) is 63.4 Å². The molecule has 15 heteroatoms. The number of nitrogens with zero attached hydrogens (tertiary/aromatic N) is 1. The summed E-state index contributed by atoms with van der Waals surface area (Å²) in [6, 6.07) is 9.92. The third-order valence-electron chi connectivity index (χ3n) is 6.64. The molecule has 1 saturated carbocycles. The molecule has 0 bridgehead atoms. The van der Waals surface area contributed by atoms with E-state index < -0.39 is 34.4 Å². The molecule has 1 aliphatic heterocycles. The zero-order chi connectivity index (χ0) is 30.5. The molecule has 1 unspecified atom stereocenters. The Morgan fingerprint density at radius 2 is 1.98 bits per heavy atom. The first kappa shape index (κ1) is 31.8. The van der Waals surface area contributed by atoms with Crippen LogP contribution in [0.25, 0.3) is 0 Å². The van der Waals surface area contributed by atoms with Gasteiger partial charge in [-0.3, -0.25) is 9.59 Å². The number of anilines is 1. The number of amides is 2. The van der Waals surface area contributed by atoms with Crippen molar-refractivity contribution in [1.29, 1.82) is 0 Å². The highest BCUT2D eigenvalue weighted by atomic mass is 32.2. The fourth-order valence-electron chi connectivity index (χ4n) is 4.48. The van der Waals surface area contributed by atoms with Gasteiger partial charge in [-0.25, -0.2) is 8.42 Å². The minimum atomic E-state index is -4.47. The number of nitrogens with one attached hydrogen (secondary N) is 3. The molecule has 228 valence electrons. The van der Waals surface area contributed by atoms with E-state index in [1.54, 1.807) is 19.3 Å². The molecule has 2 aromatic rings. The Morgan fingerprint density at radius 1 is 1.21 bits per heavy atom. The SMILES string of the molecule is CN/C=C(/CNC(=O)c1ccc2c(c1)NC(=O)c1ccccc1S2(=O)=O)SC1CC[C@H]1OCCCN(O)CC(F)(F)F. The smallest absolute Gasteiger partial charge is 0.393 e. The zero-order valence-corrected chi connectivity index (χ0v) is 24.2. The molecule has 1 fully saturated rings. The molecule has 2 amide bonds. The van der Waals surface area contributed by atoms with Crippen LogP contribution >= 0.6 is 11.8 Å². The maximum atomic E-state index is 13.2. The molecule has 2 atom stereocenters. The summed E-state index contributed by atoms with van der Waals surface area (Å²) in [5.41, 5.74) is 0.201. The lowest BCUT2D eigenvalue weighted by Gasteiger charge is -2.36. The average molecular weight is 629 g/mol. The summed E-state index contributed by atoms with van der Waals surface area (Å²) >= 11 is 1.51. The van der Waals surface area contributed by atoms with Crippen LogP contribution in [-0.4, -0.2) is 81.3 Å². The predicted octanol–water partition coefficient (Wildman–Crippen LogP) is 3.80. The first-order valence-corrected chi connectivity index (χ1v) is 15.5. The predicted molar refractivity (Wildman–Crippen MR) is 150 cm³/mol. The second kappa shape index (κ2) is 13.5. The monoisotopic (exact) mass is 628 g/mol. The van der Waals surface area contributed by atoms with E-state index in [2.05, 4.69) is 16.0 Å². The van der Waals surface area contributed by atoms with Crippen LogP contribution in [0, 0.1) is 0 Å². The van der Waals surface area contributed by atoms with Crippen LogP contribution in [0.1, 0.15) is 40.0 Å². The summed E-state index contributed by atoms with van der Waals surface area (Å²) in [7, 11) is -2.27. The lowest BCUT2D eigenvalue weighted by atomic mass is 9.95. The molecule has 10 nitrogen and oxygen atoms in total. The molecule has 4 rings (SSSR count). The molecular formula is C27H31F3N4O6S2. The van der Waals surface area contributed by atoms with E-state index in [1.807, 2.05) is 0 Å². The van der Waals surface area contributed by atoms with Gasteiger partial charge in [0.2, 0.25) is 9.84 Å². The maximum Gasteiger partial charge on any atom is 0.403 e. The molecule has 4 N–H and O–H groups in total. The van der Waals surface area contributed by atoms with Gasteiger partial charge < -0.3 is 25.9 Å². The van der Waals surface area contributed by atoms with Crippen LogP contribution in [0.5, 0.6) is 0 Å². The van der Waals surface area contributed by atoms with Crippen molar-refractivity contribution in [2.24, 2.45) is 0 Å². The number of benzene rings is 2. The van der Waals surface area contributed by atoms with Crippen molar-refractivity contribution in [3.8, 4) is 0 Å². The van der Waals surface area contributed by atoms with Crippen molar-refractivity contribution in [3.05, 3.63) is 64.7 Å². The minimum Gasteiger partial charge on any atom is -0.393 e. The van der Waals surface area contributed by atoms with Gasteiger partial charge in [-0.2, -0.15) is 18.2 Å². The summed E-state index contributed by atoms with van der Waals surface area (Å²) in [5.74, 6) is -1.06. The quantitative estimate of drug-likeness (QED) is 0.204. The van der Waals surface area contributed by atoms with Crippen molar-refractivity contribution in [3.63, 3.8) is 0 Å². The van der Waals surface area contributed by atoms with Crippen LogP contribution in [-0.2, 0) is 14.6 Å². The van der Waals surface area contributed by atoms with Gasteiger partial charge in [0.1, 0.15) is 6.54 Å². The minimum absolute atomic E-state index is 0.0152.